The molecule has 0 amide bonds. The molecule has 174 valence electrons. The van der Waals surface area contributed by atoms with E-state index < -0.39 is 0 Å². The zero-order valence-corrected chi connectivity index (χ0v) is 22.2. The molecule has 0 aliphatic carbocycles. The molecule has 0 aliphatic rings. The van der Waals surface area contributed by atoms with Crippen LogP contribution in [-0.2, 0) is 29.4 Å². The van der Waals surface area contributed by atoms with E-state index in [1.54, 1.807) is 0 Å². The van der Waals surface area contributed by atoms with E-state index in [1.807, 2.05) is 59.3 Å². The third-order valence-corrected chi connectivity index (χ3v) is 5.72. The first-order chi connectivity index (χ1) is 15.9. The van der Waals surface area contributed by atoms with Crippen LogP contribution in [0.25, 0.3) is 11.0 Å². The van der Waals surface area contributed by atoms with Gasteiger partial charge in [0.05, 0.1) is 16.8 Å². The van der Waals surface area contributed by atoms with E-state index in [1.165, 1.54) is 5.56 Å². The first-order valence-corrected chi connectivity index (χ1v) is 12.4. The minimum atomic E-state index is 0.147. The molecule has 2 aromatic heterocycles. The maximum atomic E-state index is 6.16. The van der Waals surface area contributed by atoms with Crippen LogP contribution in [0.2, 0.25) is 10.4 Å². The highest BCUT2D eigenvalue weighted by Crippen LogP contribution is 2.27. The van der Waals surface area contributed by atoms with Gasteiger partial charge in [0, 0.05) is 12.8 Å². The first kappa shape index (κ1) is 25.9. The Morgan fingerprint density at radius 2 is 1.45 bits per heavy atom. The Bertz CT molecular complexity index is 1140. The lowest BCUT2D eigenvalue weighted by molar-refractivity contribution is 0.0667. The molecular formula is C25H26Cl2IN3O2. The third kappa shape index (κ3) is 8.22. The molecule has 0 fully saturated rings. The van der Waals surface area contributed by atoms with Crippen molar-refractivity contribution in [3.05, 3.63) is 92.0 Å². The van der Waals surface area contributed by atoms with Crippen LogP contribution in [0.1, 0.15) is 25.0 Å². The Morgan fingerprint density at radius 3 is 2.03 bits per heavy atom. The molecule has 0 N–H and O–H groups in total. The fourth-order valence-electron chi connectivity index (χ4n) is 3.01. The number of aromatic nitrogens is 3. The molecule has 0 radical (unpaired) electrons. The van der Waals surface area contributed by atoms with Crippen LogP contribution in [0.5, 0.6) is 0 Å². The van der Waals surface area contributed by atoms with Crippen LogP contribution in [0.3, 0.4) is 0 Å². The Labute approximate surface area is 218 Å². The number of ether oxygens (including phenoxy) is 2. The van der Waals surface area contributed by atoms with Crippen molar-refractivity contribution in [2.75, 3.05) is 6.61 Å². The standard InChI is InChI=1S/C14H10Cl2IN3O.C11H16O/c15-13-12-11(18-14(16)19-13)10(17)6-20(12)8-21-7-9-4-2-1-3-5-9;1-10(2)8-12-9-11-6-4-3-5-7-11/h1-6H,7-8H2;3-7,10H,8-9H2,1-2H3. The van der Waals surface area contributed by atoms with Gasteiger partial charge in [-0.2, -0.15) is 0 Å². The highest BCUT2D eigenvalue weighted by atomic mass is 127. The Balaban J connectivity index is 0.000000218. The van der Waals surface area contributed by atoms with Gasteiger partial charge in [-0.05, 0) is 51.2 Å². The fraction of sp³-hybridized carbons (Fsp3) is 0.280. The quantitative estimate of drug-likeness (QED) is 0.121. The van der Waals surface area contributed by atoms with Gasteiger partial charge in [0.2, 0.25) is 5.28 Å². The maximum absolute atomic E-state index is 6.16. The third-order valence-electron chi connectivity index (χ3n) is 4.50. The molecule has 0 spiro atoms. The summed E-state index contributed by atoms with van der Waals surface area (Å²) in [7, 11) is 0. The average molecular weight is 598 g/mol. The van der Waals surface area contributed by atoms with Gasteiger partial charge in [-0.15, -0.1) is 0 Å². The van der Waals surface area contributed by atoms with Crippen molar-refractivity contribution in [1.29, 1.82) is 0 Å². The lowest BCUT2D eigenvalue weighted by Gasteiger charge is -2.07. The topological polar surface area (TPSA) is 49.2 Å². The van der Waals surface area contributed by atoms with Gasteiger partial charge in [0.15, 0.2) is 5.15 Å². The van der Waals surface area contributed by atoms with Crippen molar-refractivity contribution in [2.45, 2.75) is 33.8 Å². The van der Waals surface area contributed by atoms with E-state index in [4.69, 9.17) is 32.7 Å². The summed E-state index contributed by atoms with van der Waals surface area (Å²) in [6, 6.07) is 20.3. The molecule has 0 bridgehead atoms. The zero-order valence-electron chi connectivity index (χ0n) is 18.5. The number of halogens is 3. The molecule has 0 atom stereocenters. The predicted molar refractivity (Wildman–Crippen MR) is 142 cm³/mol. The van der Waals surface area contributed by atoms with Crippen LogP contribution >= 0.6 is 45.8 Å². The van der Waals surface area contributed by atoms with Crippen LogP contribution < -0.4 is 0 Å². The highest BCUT2D eigenvalue weighted by molar-refractivity contribution is 14.1. The number of benzene rings is 2. The SMILES string of the molecule is CC(C)COCc1ccccc1.Clc1nc(Cl)c2c(n1)c(I)cn2COCc1ccccc1. The number of hydrogen-bond acceptors (Lipinski definition) is 4. The average Bonchev–Trinajstić information content (AvgIpc) is 3.11. The van der Waals surface area contributed by atoms with E-state index in [9.17, 15) is 0 Å². The van der Waals surface area contributed by atoms with Crippen molar-refractivity contribution in [2.24, 2.45) is 5.92 Å². The number of rotatable bonds is 8. The second-order valence-corrected chi connectivity index (χ2v) is 9.64. The van der Waals surface area contributed by atoms with Crippen molar-refractivity contribution < 1.29 is 9.47 Å². The molecule has 4 rings (SSSR count). The summed E-state index contributed by atoms with van der Waals surface area (Å²) in [5.41, 5.74) is 3.84. The van der Waals surface area contributed by atoms with Gasteiger partial charge in [-0.3, -0.25) is 0 Å². The number of fused-ring (bicyclic) bond motifs is 1. The number of nitrogens with zero attached hydrogens (tertiary/aromatic N) is 3. The van der Waals surface area contributed by atoms with Crippen molar-refractivity contribution in [3.63, 3.8) is 0 Å². The van der Waals surface area contributed by atoms with E-state index in [-0.39, 0.29) is 5.28 Å². The molecule has 33 heavy (non-hydrogen) atoms. The molecule has 4 aromatic rings. The highest BCUT2D eigenvalue weighted by Gasteiger charge is 2.14. The van der Waals surface area contributed by atoms with E-state index in [0.29, 0.717) is 24.4 Å². The minimum Gasteiger partial charge on any atom is -0.377 e. The lowest BCUT2D eigenvalue weighted by Crippen LogP contribution is -2.02. The molecule has 2 heterocycles. The summed E-state index contributed by atoms with van der Waals surface area (Å²) in [5, 5.41) is 0.476. The van der Waals surface area contributed by atoms with E-state index in [0.717, 1.165) is 33.4 Å². The van der Waals surface area contributed by atoms with Gasteiger partial charge in [-0.25, -0.2) is 9.97 Å². The Hall–Kier alpha value is -1.71. The Kier molecular flexibility index (Phi) is 10.4. The van der Waals surface area contributed by atoms with Gasteiger partial charge in [-0.1, -0.05) is 86.1 Å². The molecule has 0 aliphatic heterocycles. The molecule has 0 saturated carbocycles. The summed E-state index contributed by atoms with van der Waals surface area (Å²) in [5.74, 6) is 0.619. The monoisotopic (exact) mass is 597 g/mol. The van der Waals surface area contributed by atoms with E-state index >= 15 is 0 Å². The van der Waals surface area contributed by atoms with Crippen LogP contribution in [-0.4, -0.2) is 21.1 Å². The predicted octanol–water partition coefficient (Wildman–Crippen LogP) is 7.38. The fourth-order valence-corrected chi connectivity index (χ4v) is 4.21. The summed E-state index contributed by atoms with van der Waals surface area (Å²) in [6.45, 7) is 6.80. The second kappa shape index (κ2) is 13.2. The molecule has 5 nitrogen and oxygen atoms in total. The Morgan fingerprint density at radius 1 is 0.879 bits per heavy atom. The molecule has 0 unspecified atom stereocenters. The van der Waals surface area contributed by atoms with Gasteiger partial charge in [0.1, 0.15) is 17.8 Å². The van der Waals surface area contributed by atoms with Crippen LogP contribution in [0.4, 0.5) is 0 Å². The summed E-state index contributed by atoms with van der Waals surface area (Å²) in [4.78, 5) is 8.19. The summed E-state index contributed by atoms with van der Waals surface area (Å²) < 4.78 is 14.0. The van der Waals surface area contributed by atoms with Crippen LogP contribution in [0.15, 0.2) is 66.9 Å². The second-order valence-electron chi connectivity index (χ2n) is 7.79. The van der Waals surface area contributed by atoms with Crippen LogP contribution in [0, 0.1) is 9.49 Å². The van der Waals surface area contributed by atoms with Gasteiger partial charge >= 0.3 is 0 Å². The minimum absolute atomic E-state index is 0.147. The molecule has 8 heteroatoms. The van der Waals surface area contributed by atoms with Gasteiger partial charge < -0.3 is 14.0 Å². The summed E-state index contributed by atoms with van der Waals surface area (Å²) in [6.07, 6.45) is 1.92. The van der Waals surface area contributed by atoms with Crippen molar-refractivity contribution in [3.8, 4) is 0 Å². The molecular weight excluding hydrogens is 572 g/mol. The molecule has 2 aromatic carbocycles. The van der Waals surface area contributed by atoms with E-state index in [2.05, 4.69) is 58.5 Å². The molecule has 0 saturated heterocycles. The van der Waals surface area contributed by atoms with Crippen molar-refractivity contribution >= 4 is 56.8 Å². The first-order valence-electron chi connectivity index (χ1n) is 10.5. The normalized spacial score (nSPS) is 11.0. The van der Waals surface area contributed by atoms with Gasteiger partial charge in [0.25, 0.3) is 0 Å². The van der Waals surface area contributed by atoms with Crippen molar-refractivity contribution in [1.82, 2.24) is 14.5 Å². The largest absolute Gasteiger partial charge is 0.377 e. The zero-order chi connectivity index (χ0) is 23.6. The summed E-state index contributed by atoms with van der Waals surface area (Å²) >= 11 is 14.2. The maximum Gasteiger partial charge on any atom is 0.224 e. The lowest BCUT2D eigenvalue weighted by atomic mass is 10.2. The smallest absolute Gasteiger partial charge is 0.224 e. The number of hydrogen-bond donors (Lipinski definition) is 0.